The Labute approximate surface area is 438 Å². The van der Waals surface area contributed by atoms with E-state index >= 15 is 0 Å². The molecule has 3 fully saturated rings. The second-order valence-corrected chi connectivity index (χ2v) is 27.1. The molecule has 6 aromatic carbocycles. The van der Waals surface area contributed by atoms with Crippen LogP contribution < -0.4 is 0 Å². The summed E-state index contributed by atoms with van der Waals surface area (Å²) in [6.07, 6.45) is -6.47. The minimum atomic E-state index is -3.22. The average molecular weight is 1030 g/mol. The summed E-state index contributed by atoms with van der Waals surface area (Å²) in [6, 6.07) is 61.2. The normalized spacial score (nSPS) is 26.2. The van der Waals surface area contributed by atoms with E-state index in [0.29, 0.717) is 26.4 Å². The molecule has 9 rings (SSSR count). The number of hydrogen-bond acceptors (Lipinski definition) is 11. The minimum absolute atomic E-state index is 0.184. The third-order valence-electron chi connectivity index (χ3n) is 13.7. The molecule has 73 heavy (non-hydrogen) atoms. The lowest BCUT2D eigenvalue weighted by atomic mass is 9.96. The maximum Gasteiger partial charge on any atom is 0.349 e. The first kappa shape index (κ1) is 53.3. The molecule has 3 saturated heterocycles. The van der Waals surface area contributed by atoms with Crippen LogP contribution in [0.3, 0.4) is 0 Å². The first-order chi connectivity index (χ1) is 35.4. The van der Waals surface area contributed by atoms with Gasteiger partial charge in [-0.25, -0.2) is 0 Å². The third kappa shape index (κ3) is 13.5. The van der Waals surface area contributed by atoms with E-state index in [1.54, 1.807) is 11.8 Å². The first-order valence-electron chi connectivity index (χ1n) is 25.7. The summed E-state index contributed by atoms with van der Waals surface area (Å²) in [7, 11) is -3.22. The standard InChI is InChI=1S/C61H72O10SSi/c1-60(2,3)73(61(4,5)6)67-43-51-52(63-38-45-27-15-8-16-28-45)55(71-73)56(65-40-47-31-19-10-20-32-47)58(68-51)70-53-50(42-62-37-44-25-13-7-14-26-44)69-59(72-49-35-23-12-24-36-49)57(66-41-48-33-21-11-22-34-48)54(53)64-39-46-29-17-9-18-30-46/h7-36,50-59H,37-43H2,1-6H3/t50-,51-,52-,53-,54+,55+,56-,57-,58-,59+/m1/s1. The zero-order chi connectivity index (χ0) is 50.7. The molecule has 0 saturated carbocycles. The van der Waals surface area contributed by atoms with Crippen molar-refractivity contribution >= 4 is 20.3 Å². The van der Waals surface area contributed by atoms with Crippen molar-refractivity contribution in [3.63, 3.8) is 0 Å². The van der Waals surface area contributed by atoms with Crippen molar-refractivity contribution in [3.8, 4) is 0 Å². The molecule has 386 valence electrons. The minimum Gasteiger partial charge on any atom is -0.391 e. The van der Waals surface area contributed by atoms with Crippen LogP contribution in [0.25, 0.3) is 0 Å². The lowest BCUT2D eigenvalue weighted by Gasteiger charge is -2.52. The Morgan fingerprint density at radius 3 is 1.34 bits per heavy atom. The van der Waals surface area contributed by atoms with E-state index in [0.717, 1.165) is 32.7 Å². The Bertz CT molecular complexity index is 2520. The lowest BCUT2D eigenvalue weighted by Crippen LogP contribution is -2.66. The number of rotatable bonds is 20. The molecule has 2 bridgehead atoms. The van der Waals surface area contributed by atoms with Gasteiger partial charge in [0.25, 0.3) is 0 Å². The molecule has 3 aliphatic heterocycles. The van der Waals surface area contributed by atoms with Crippen molar-refractivity contribution < 1.29 is 46.7 Å². The molecule has 0 aromatic heterocycles. The second-order valence-electron chi connectivity index (χ2n) is 21.2. The van der Waals surface area contributed by atoms with Crippen LogP contribution in [-0.4, -0.2) is 82.3 Å². The molecule has 10 atom stereocenters. The smallest absolute Gasteiger partial charge is 0.349 e. The molecule has 0 unspecified atom stereocenters. The Morgan fingerprint density at radius 2 is 0.877 bits per heavy atom. The van der Waals surface area contributed by atoms with Gasteiger partial charge in [-0.1, -0.05) is 223 Å². The molecule has 12 heteroatoms. The number of fused-ring (bicyclic) bond motifs is 2. The molecule has 3 heterocycles. The topological polar surface area (TPSA) is 92.3 Å². The molecule has 0 amide bonds. The van der Waals surface area contributed by atoms with Crippen molar-refractivity contribution in [2.24, 2.45) is 0 Å². The Morgan fingerprint density at radius 1 is 0.466 bits per heavy atom. The van der Waals surface area contributed by atoms with Crippen molar-refractivity contribution in [2.75, 3.05) is 13.2 Å². The van der Waals surface area contributed by atoms with E-state index in [1.165, 1.54) is 0 Å². The summed E-state index contributed by atoms with van der Waals surface area (Å²) in [5.74, 6) is 0. The number of benzene rings is 6. The lowest BCUT2D eigenvalue weighted by molar-refractivity contribution is -0.348. The van der Waals surface area contributed by atoms with Gasteiger partial charge in [0.15, 0.2) is 6.29 Å². The average Bonchev–Trinajstić information content (AvgIpc) is 3.52. The van der Waals surface area contributed by atoms with E-state index in [9.17, 15) is 0 Å². The highest BCUT2D eigenvalue weighted by Gasteiger charge is 2.65. The second kappa shape index (κ2) is 24.9. The van der Waals surface area contributed by atoms with E-state index in [-0.39, 0.29) is 29.9 Å². The van der Waals surface area contributed by atoms with Crippen LogP contribution in [0.15, 0.2) is 187 Å². The van der Waals surface area contributed by atoms with Gasteiger partial charge in [-0.3, -0.25) is 0 Å². The van der Waals surface area contributed by atoms with Crippen LogP contribution in [0.2, 0.25) is 10.1 Å². The largest absolute Gasteiger partial charge is 0.391 e. The molecule has 0 radical (unpaired) electrons. The third-order valence-corrected chi connectivity index (χ3v) is 20.0. The van der Waals surface area contributed by atoms with Gasteiger partial charge in [-0.05, 0) is 39.9 Å². The molecular weight excluding hydrogens is 953 g/mol. The molecule has 6 aromatic rings. The highest BCUT2D eigenvalue weighted by atomic mass is 32.2. The fraction of sp³-hybridized carbons (Fsp3) is 0.410. The van der Waals surface area contributed by atoms with Crippen molar-refractivity contribution in [2.45, 2.75) is 150 Å². The van der Waals surface area contributed by atoms with Gasteiger partial charge in [0.05, 0.1) is 46.2 Å². The summed E-state index contributed by atoms with van der Waals surface area (Å²) in [5.41, 5.74) is 4.59. The zero-order valence-corrected chi connectivity index (χ0v) is 44.9. The van der Waals surface area contributed by atoms with Crippen molar-refractivity contribution in [1.82, 2.24) is 0 Å². The van der Waals surface area contributed by atoms with Crippen LogP contribution in [0.5, 0.6) is 0 Å². The predicted molar refractivity (Wildman–Crippen MR) is 287 cm³/mol. The monoisotopic (exact) mass is 1020 g/mol. The van der Waals surface area contributed by atoms with Gasteiger partial charge in [-0.2, -0.15) is 0 Å². The summed E-state index contributed by atoms with van der Waals surface area (Å²) >= 11 is 1.60. The Hall–Kier alpha value is -4.51. The van der Waals surface area contributed by atoms with Gasteiger partial charge in [0.1, 0.15) is 54.3 Å². The predicted octanol–water partition coefficient (Wildman–Crippen LogP) is 12.6. The van der Waals surface area contributed by atoms with Gasteiger partial charge >= 0.3 is 8.56 Å². The number of hydrogen-bond donors (Lipinski definition) is 0. The van der Waals surface area contributed by atoms with Crippen LogP contribution in [-0.2, 0) is 79.8 Å². The van der Waals surface area contributed by atoms with E-state index in [4.69, 9.17) is 46.7 Å². The summed E-state index contributed by atoms with van der Waals surface area (Å²) in [6.45, 7) is 15.4. The van der Waals surface area contributed by atoms with E-state index < -0.39 is 69.1 Å². The summed E-state index contributed by atoms with van der Waals surface area (Å²) in [4.78, 5) is 1.03. The molecule has 0 aliphatic carbocycles. The summed E-state index contributed by atoms with van der Waals surface area (Å²) < 4.78 is 72.5. The van der Waals surface area contributed by atoms with Crippen molar-refractivity contribution in [1.29, 1.82) is 0 Å². The van der Waals surface area contributed by atoms with E-state index in [2.05, 4.69) is 114 Å². The van der Waals surface area contributed by atoms with Crippen molar-refractivity contribution in [3.05, 3.63) is 210 Å². The van der Waals surface area contributed by atoms with Gasteiger partial charge in [0, 0.05) is 15.0 Å². The maximum absolute atomic E-state index is 7.78. The van der Waals surface area contributed by atoms with Gasteiger partial charge < -0.3 is 46.7 Å². The zero-order valence-electron chi connectivity index (χ0n) is 43.0. The van der Waals surface area contributed by atoms with Crippen LogP contribution in [0.1, 0.15) is 69.4 Å². The molecule has 0 N–H and O–H groups in total. The molecule has 3 aliphatic rings. The van der Waals surface area contributed by atoms with E-state index in [1.807, 2.05) is 109 Å². The van der Waals surface area contributed by atoms with Gasteiger partial charge in [-0.15, -0.1) is 0 Å². The highest BCUT2D eigenvalue weighted by Crippen LogP contribution is 2.55. The Kier molecular flexibility index (Phi) is 18.2. The van der Waals surface area contributed by atoms with Crippen LogP contribution >= 0.6 is 11.8 Å². The number of ether oxygens (including phenoxy) is 8. The molecule has 0 spiro atoms. The quantitative estimate of drug-likeness (QED) is 0.0685. The highest BCUT2D eigenvalue weighted by molar-refractivity contribution is 7.99. The fourth-order valence-electron chi connectivity index (χ4n) is 10.3. The SMILES string of the molecule is CC(C)(C)[Si]1(C(C)(C)C)OC[C@H]2O[C@H](O[C@H]3[C@H](OCc4ccccc4)[C@@H](OCc4ccccc4)[C@H](Sc4ccccc4)O[C@@H]3COCc3ccccc3)[C@H](OCc3ccccc3)[C@@H](O1)[C@@H]2OCc1ccccc1. The Balaban J connectivity index is 1.14. The fourth-order valence-corrected chi connectivity index (χ4v) is 16.4. The number of thioether (sulfide) groups is 1. The maximum atomic E-state index is 7.78. The molecular formula is C61H72O10SSi. The molecule has 10 nitrogen and oxygen atoms in total. The van der Waals surface area contributed by atoms with Gasteiger partial charge in [0.2, 0.25) is 0 Å². The summed E-state index contributed by atoms with van der Waals surface area (Å²) in [5, 5.41) is -0.729. The first-order valence-corrected chi connectivity index (χ1v) is 28.4. The van der Waals surface area contributed by atoms with Crippen LogP contribution in [0.4, 0.5) is 0 Å². The van der Waals surface area contributed by atoms with Crippen LogP contribution in [0, 0.1) is 0 Å².